The van der Waals surface area contributed by atoms with Gasteiger partial charge in [0.25, 0.3) is 0 Å². The first-order valence-corrected chi connectivity index (χ1v) is 10.4. The number of sulfonamides is 1. The van der Waals surface area contributed by atoms with Crippen LogP contribution in [0.4, 0.5) is 0 Å². The van der Waals surface area contributed by atoms with Crippen molar-refractivity contribution in [1.29, 1.82) is 0 Å². The van der Waals surface area contributed by atoms with Gasteiger partial charge in [-0.15, -0.1) is 0 Å². The van der Waals surface area contributed by atoms with E-state index in [1.165, 1.54) is 4.31 Å². The van der Waals surface area contributed by atoms with Gasteiger partial charge in [-0.1, -0.05) is 12.1 Å². The van der Waals surface area contributed by atoms with Crippen LogP contribution in [0.25, 0.3) is 0 Å². The summed E-state index contributed by atoms with van der Waals surface area (Å²) in [5, 5.41) is 4.33. The zero-order chi connectivity index (χ0) is 18.7. The Balaban J connectivity index is 1.74. The minimum Gasteiger partial charge on any atom is -0.486 e. The van der Waals surface area contributed by atoms with E-state index in [-0.39, 0.29) is 16.5 Å². The van der Waals surface area contributed by atoms with Crippen molar-refractivity contribution in [1.82, 2.24) is 14.1 Å². The molecular weight excluding hydrogens is 350 g/mol. The summed E-state index contributed by atoms with van der Waals surface area (Å²) < 4.78 is 36.2. The first kappa shape index (κ1) is 17.5. The first-order valence-electron chi connectivity index (χ1n) is 9.00. The quantitative estimate of drug-likeness (QED) is 0.827. The molecule has 0 saturated heterocycles. The van der Waals surface area contributed by atoms with Gasteiger partial charge < -0.3 is 4.74 Å². The summed E-state index contributed by atoms with van der Waals surface area (Å²) in [5.74, 6) is 0.506. The standard InChI is InChI=1S/C19H25N3O3S/c1-19(2)11-13-7-5-10-17(18(13)25-19)26(23,24)22(4)16-9-6-8-15-14(16)12-20-21(15)3/h5,7,10,12,16H,6,8-9,11H2,1-4H3/t16-/m0/s1. The van der Waals surface area contributed by atoms with E-state index in [1.807, 2.05) is 31.6 Å². The summed E-state index contributed by atoms with van der Waals surface area (Å²) in [6, 6.07) is 5.21. The van der Waals surface area contributed by atoms with Crippen LogP contribution >= 0.6 is 0 Å². The number of ether oxygens (including phenoxy) is 1. The van der Waals surface area contributed by atoms with Crippen LogP contribution in [0.5, 0.6) is 5.75 Å². The molecule has 2 heterocycles. The van der Waals surface area contributed by atoms with Gasteiger partial charge in [-0.3, -0.25) is 4.68 Å². The van der Waals surface area contributed by atoms with Crippen molar-refractivity contribution < 1.29 is 13.2 Å². The van der Waals surface area contributed by atoms with Crippen molar-refractivity contribution in [2.45, 2.75) is 56.1 Å². The fourth-order valence-corrected chi connectivity index (χ4v) is 5.70. The molecule has 140 valence electrons. The number of benzene rings is 1. The van der Waals surface area contributed by atoms with E-state index in [0.717, 1.165) is 36.1 Å². The van der Waals surface area contributed by atoms with E-state index in [4.69, 9.17) is 4.74 Å². The smallest absolute Gasteiger partial charge is 0.247 e. The maximum atomic E-state index is 13.4. The molecule has 0 bridgehead atoms. The Bertz CT molecular complexity index is 962. The van der Waals surface area contributed by atoms with Gasteiger partial charge in [-0.05, 0) is 44.7 Å². The highest BCUT2D eigenvalue weighted by Gasteiger charge is 2.39. The van der Waals surface area contributed by atoms with Gasteiger partial charge in [-0.2, -0.15) is 9.40 Å². The molecule has 0 N–H and O–H groups in total. The number of rotatable bonds is 3. The van der Waals surface area contributed by atoms with Gasteiger partial charge in [0.05, 0.1) is 12.2 Å². The molecule has 0 unspecified atom stereocenters. The van der Waals surface area contributed by atoms with Crippen LogP contribution in [0.2, 0.25) is 0 Å². The highest BCUT2D eigenvalue weighted by Crippen LogP contribution is 2.43. The molecule has 2 aromatic rings. The zero-order valence-electron chi connectivity index (χ0n) is 15.7. The third-order valence-electron chi connectivity index (χ3n) is 5.49. The molecule has 7 heteroatoms. The van der Waals surface area contributed by atoms with Crippen LogP contribution in [0, 0.1) is 0 Å². The lowest BCUT2D eigenvalue weighted by Gasteiger charge is -2.31. The van der Waals surface area contributed by atoms with E-state index in [1.54, 1.807) is 25.4 Å². The van der Waals surface area contributed by atoms with E-state index >= 15 is 0 Å². The zero-order valence-corrected chi connectivity index (χ0v) is 16.5. The Morgan fingerprint density at radius 3 is 2.88 bits per heavy atom. The first-order chi connectivity index (χ1) is 12.2. The fourth-order valence-electron chi connectivity index (χ4n) is 4.17. The van der Waals surface area contributed by atoms with Crippen molar-refractivity contribution in [3.05, 3.63) is 41.2 Å². The van der Waals surface area contributed by atoms with E-state index in [0.29, 0.717) is 12.2 Å². The van der Waals surface area contributed by atoms with Crippen LogP contribution in [-0.4, -0.2) is 35.2 Å². The number of aryl methyl sites for hydroxylation is 1. The molecule has 0 saturated carbocycles. The molecule has 0 amide bonds. The van der Waals surface area contributed by atoms with Crippen molar-refractivity contribution in [3.8, 4) is 5.75 Å². The molecule has 0 fully saturated rings. The number of hydrogen-bond acceptors (Lipinski definition) is 4. The normalized spacial score (nSPS) is 21.3. The van der Waals surface area contributed by atoms with Gasteiger partial charge in [0.1, 0.15) is 16.2 Å². The number of aromatic nitrogens is 2. The number of hydrogen-bond donors (Lipinski definition) is 0. The molecule has 4 rings (SSSR count). The average molecular weight is 375 g/mol. The predicted octanol–water partition coefficient (Wildman–Crippen LogP) is 2.83. The lowest BCUT2D eigenvalue weighted by molar-refractivity contribution is 0.134. The third-order valence-corrected chi connectivity index (χ3v) is 7.38. The van der Waals surface area contributed by atoms with Crippen molar-refractivity contribution in [3.63, 3.8) is 0 Å². The highest BCUT2D eigenvalue weighted by molar-refractivity contribution is 7.89. The Morgan fingerprint density at radius 1 is 1.35 bits per heavy atom. The monoisotopic (exact) mass is 375 g/mol. The molecular formula is C19H25N3O3S. The summed E-state index contributed by atoms with van der Waals surface area (Å²) in [4.78, 5) is 0.263. The second-order valence-corrected chi connectivity index (χ2v) is 9.85. The summed E-state index contributed by atoms with van der Waals surface area (Å²) in [6.45, 7) is 3.96. The topological polar surface area (TPSA) is 64.4 Å². The summed E-state index contributed by atoms with van der Waals surface area (Å²) >= 11 is 0. The summed E-state index contributed by atoms with van der Waals surface area (Å²) in [7, 11) is -0.0956. The second kappa shape index (κ2) is 5.82. The Labute approximate surface area is 154 Å². The number of para-hydroxylation sites is 1. The van der Waals surface area contributed by atoms with Gasteiger partial charge in [-0.25, -0.2) is 8.42 Å². The molecule has 26 heavy (non-hydrogen) atoms. The van der Waals surface area contributed by atoms with Crippen molar-refractivity contribution >= 4 is 10.0 Å². The predicted molar refractivity (Wildman–Crippen MR) is 98.7 cm³/mol. The van der Waals surface area contributed by atoms with Crippen LogP contribution in [0.15, 0.2) is 29.3 Å². The molecule has 1 atom stereocenters. The van der Waals surface area contributed by atoms with E-state index in [9.17, 15) is 8.42 Å². The van der Waals surface area contributed by atoms with Crippen LogP contribution in [-0.2, 0) is 29.9 Å². The maximum Gasteiger partial charge on any atom is 0.247 e. The Morgan fingerprint density at radius 2 is 2.12 bits per heavy atom. The van der Waals surface area contributed by atoms with Crippen LogP contribution in [0.3, 0.4) is 0 Å². The molecule has 0 spiro atoms. The SMILES string of the molecule is CN([C@H]1CCCc2c1cnn2C)S(=O)(=O)c1cccc2c1OC(C)(C)C2. The largest absolute Gasteiger partial charge is 0.486 e. The highest BCUT2D eigenvalue weighted by atomic mass is 32.2. The lowest BCUT2D eigenvalue weighted by Crippen LogP contribution is -2.33. The lowest BCUT2D eigenvalue weighted by atomic mass is 9.93. The molecule has 1 aliphatic carbocycles. The van der Waals surface area contributed by atoms with E-state index in [2.05, 4.69) is 5.10 Å². The molecule has 1 aromatic carbocycles. The minimum absolute atomic E-state index is 0.192. The summed E-state index contributed by atoms with van der Waals surface area (Å²) in [6.07, 6.45) is 5.21. The van der Waals surface area contributed by atoms with Gasteiger partial charge in [0.2, 0.25) is 10.0 Å². The Hall–Kier alpha value is -1.86. The molecule has 2 aliphatic rings. The van der Waals surface area contributed by atoms with Gasteiger partial charge in [0.15, 0.2) is 0 Å². The molecule has 1 aromatic heterocycles. The van der Waals surface area contributed by atoms with E-state index < -0.39 is 10.0 Å². The third kappa shape index (κ3) is 2.65. The van der Waals surface area contributed by atoms with Crippen LogP contribution in [0.1, 0.15) is 49.6 Å². The number of fused-ring (bicyclic) bond motifs is 2. The van der Waals surface area contributed by atoms with Crippen molar-refractivity contribution in [2.24, 2.45) is 7.05 Å². The molecule has 0 radical (unpaired) electrons. The fraction of sp³-hybridized carbons (Fsp3) is 0.526. The Kier molecular flexibility index (Phi) is 3.93. The summed E-state index contributed by atoms with van der Waals surface area (Å²) in [5.41, 5.74) is 2.71. The van der Waals surface area contributed by atoms with Crippen LogP contribution < -0.4 is 4.74 Å². The second-order valence-electron chi connectivity index (χ2n) is 7.88. The number of nitrogens with zero attached hydrogens (tertiary/aromatic N) is 3. The van der Waals surface area contributed by atoms with Crippen molar-refractivity contribution in [2.75, 3.05) is 7.05 Å². The van der Waals surface area contributed by atoms with Gasteiger partial charge in [0, 0.05) is 31.8 Å². The van der Waals surface area contributed by atoms with Gasteiger partial charge >= 0.3 is 0 Å². The average Bonchev–Trinajstić information content (AvgIpc) is 3.11. The molecule has 6 nitrogen and oxygen atoms in total. The maximum absolute atomic E-state index is 13.4. The molecule has 1 aliphatic heterocycles. The minimum atomic E-state index is -3.68.